The minimum Gasteiger partial charge on any atom is -0.475 e. The summed E-state index contributed by atoms with van der Waals surface area (Å²) in [5.41, 5.74) is 0. The van der Waals surface area contributed by atoms with Gasteiger partial charge in [-0.05, 0) is 37.8 Å². The Kier molecular flexibility index (Phi) is 3.69. The van der Waals surface area contributed by atoms with Gasteiger partial charge < -0.3 is 14.4 Å². The van der Waals surface area contributed by atoms with Gasteiger partial charge in [0.25, 0.3) is 5.91 Å². The van der Waals surface area contributed by atoms with E-state index in [0.29, 0.717) is 12.5 Å². The fourth-order valence-electron chi connectivity index (χ4n) is 2.07. The van der Waals surface area contributed by atoms with Gasteiger partial charge in [-0.3, -0.25) is 4.79 Å². The highest BCUT2D eigenvalue weighted by molar-refractivity contribution is 5.93. The molecule has 1 aliphatic carbocycles. The highest BCUT2D eigenvalue weighted by Crippen LogP contribution is 2.27. The van der Waals surface area contributed by atoms with Gasteiger partial charge in [0, 0.05) is 13.1 Å². The summed E-state index contributed by atoms with van der Waals surface area (Å²) in [5.74, 6) is -0.887. The van der Waals surface area contributed by atoms with Gasteiger partial charge in [-0.2, -0.15) is 0 Å². The summed E-state index contributed by atoms with van der Waals surface area (Å²) in [4.78, 5) is 24.5. The monoisotopic (exact) mass is 251 g/mol. The number of hydrogen-bond acceptors (Lipinski definition) is 3. The predicted molar refractivity (Wildman–Crippen MR) is 64.6 cm³/mol. The molecule has 2 rings (SSSR count). The highest BCUT2D eigenvalue weighted by atomic mass is 16.4. The van der Waals surface area contributed by atoms with Crippen LogP contribution in [0.4, 0.5) is 0 Å². The van der Waals surface area contributed by atoms with E-state index in [1.54, 1.807) is 4.90 Å². The summed E-state index contributed by atoms with van der Waals surface area (Å²) in [6.07, 6.45) is 3.57. The molecule has 1 N–H and O–H groups in total. The van der Waals surface area contributed by atoms with Crippen molar-refractivity contribution in [1.82, 2.24) is 4.90 Å². The van der Waals surface area contributed by atoms with Crippen molar-refractivity contribution in [3.05, 3.63) is 23.7 Å². The van der Waals surface area contributed by atoms with Gasteiger partial charge in [0.1, 0.15) is 0 Å². The molecule has 0 spiro atoms. The molecule has 0 saturated heterocycles. The van der Waals surface area contributed by atoms with Crippen LogP contribution >= 0.6 is 0 Å². The molecule has 5 nitrogen and oxygen atoms in total. The summed E-state index contributed by atoms with van der Waals surface area (Å²) in [6.45, 7) is 3.26. The maximum absolute atomic E-state index is 12.1. The first-order valence-electron chi connectivity index (χ1n) is 6.24. The minimum absolute atomic E-state index is 0.105. The van der Waals surface area contributed by atoms with Crippen molar-refractivity contribution in [3.63, 3.8) is 0 Å². The Morgan fingerprint density at radius 3 is 2.50 bits per heavy atom. The Bertz CT molecular complexity index is 448. The fraction of sp³-hybridized carbons (Fsp3) is 0.538. The number of aromatic carboxylic acids is 1. The molecule has 0 radical (unpaired) electrons. The zero-order chi connectivity index (χ0) is 13.1. The molecule has 18 heavy (non-hydrogen) atoms. The maximum atomic E-state index is 12.1. The number of furan rings is 1. The van der Waals surface area contributed by atoms with Crippen molar-refractivity contribution in [2.45, 2.75) is 26.2 Å². The van der Waals surface area contributed by atoms with Crippen molar-refractivity contribution in [3.8, 4) is 0 Å². The Balaban J connectivity index is 2.04. The standard InChI is InChI=1S/C13H17NO4/c1-2-14(8-9-4-3-5-9)12(15)10-6-7-11(18-10)13(16)17/h6-7,9H,2-5,8H2,1H3,(H,16,17). The van der Waals surface area contributed by atoms with Gasteiger partial charge >= 0.3 is 5.97 Å². The van der Waals surface area contributed by atoms with Crippen LogP contribution in [0.3, 0.4) is 0 Å². The molecule has 1 aliphatic rings. The number of rotatable bonds is 5. The second kappa shape index (κ2) is 5.25. The Morgan fingerprint density at radius 2 is 2.06 bits per heavy atom. The number of carboxylic acids is 1. The normalized spacial score (nSPS) is 15.2. The molecule has 1 saturated carbocycles. The van der Waals surface area contributed by atoms with Crippen LogP contribution in [0, 0.1) is 5.92 Å². The highest BCUT2D eigenvalue weighted by Gasteiger charge is 2.25. The topological polar surface area (TPSA) is 70.8 Å². The van der Waals surface area contributed by atoms with Crippen molar-refractivity contribution in [2.75, 3.05) is 13.1 Å². The Hall–Kier alpha value is -1.78. The fourth-order valence-corrected chi connectivity index (χ4v) is 2.07. The molecule has 0 bridgehead atoms. The molecule has 1 aromatic heterocycles. The summed E-state index contributed by atoms with van der Waals surface area (Å²) in [5, 5.41) is 8.75. The number of carbonyl (C=O) groups is 2. The lowest BCUT2D eigenvalue weighted by Crippen LogP contribution is -2.37. The molecular weight excluding hydrogens is 234 g/mol. The molecule has 0 atom stereocenters. The van der Waals surface area contributed by atoms with E-state index < -0.39 is 5.97 Å². The third-order valence-electron chi connectivity index (χ3n) is 3.40. The second-order valence-corrected chi connectivity index (χ2v) is 4.61. The molecule has 1 aromatic rings. The van der Waals surface area contributed by atoms with Crippen molar-refractivity contribution < 1.29 is 19.1 Å². The SMILES string of the molecule is CCN(CC1CCC1)C(=O)c1ccc(C(=O)O)o1. The van der Waals surface area contributed by atoms with E-state index in [9.17, 15) is 9.59 Å². The Morgan fingerprint density at radius 1 is 1.39 bits per heavy atom. The van der Waals surface area contributed by atoms with E-state index in [0.717, 1.165) is 6.54 Å². The first kappa shape index (κ1) is 12.7. The van der Waals surface area contributed by atoms with E-state index in [1.165, 1.54) is 31.4 Å². The van der Waals surface area contributed by atoms with Crippen LogP contribution in [0.1, 0.15) is 47.3 Å². The number of hydrogen-bond donors (Lipinski definition) is 1. The van der Waals surface area contributed by atoms with E-state index in [1.807, 2.05) is 6.92 Å². The summed E-state index contributed by atoms with van der Waals surface area (Å²) >= 11 is 0. The molecule has 0 unspecified atom stereocenters. The van der Waals surface area contributed by atoms with Gasteiger partial charge in [-0.25, -0.2) is 4.79 Å². The van der Waals surface area contributed by atoms with Gasteiger partial charge in [0.05, 0.1) is 0 Å². The zero-order valence-corrected chi connectivity index (χ0v) is 10.4. The summed E-state index contributed by atoms with van der Waals surface area (Å²) in [7, 11) is 0. The quantitative estimate of drug-likeness (QED) is 0.871. The van der Waals surface area contributed by atoms with E-state index in [-0.39, 0.29) is 17.4 Å². The minimum atomic E-state index is -1.16. The molecule has 1 fully saturated rings. The zero-order valence-electron chi connectivity index (χ0n) is 10.4. The summed E-state index contributed by atoms with van der Waals surface area (Å²) in [6, 6.07) is 2.74. The second-order valence-electron chi connectivity index (χ2n) is 4.61. The van der Waals surface area contributed by atoms with Crippen molar-refractivity contribution in [1.29, 1.82) is 0 Å². The number of amides is 1. The van der Waals surface area contributed by atoms with E-state index in [2.05, 4.69) is 0 Å². The summed E-state index contributed by atoms with van der Waals surface area (Å²) < 4.78 is 5.03. The van der Waals surface area contributed by atoms with Crippen LogP contribution in [-0.2, 0) is 0 Å². The smallest absolute Gasteiger partial charge is 0.371 e. The molecule has 1 amide bonds. The van der Waals surface area contributed by atoms with Crippen LogP contribution in [0.25, 0.3) is 0 Å². The van der Waals surface area contributed by atoms with Crippen LogP contribution in [0.15, 0.2) is 16.5 Å². The average molecular weight is 251 g/mol. The van der Waals surface area contributed by atoms with Crippen molar-refractivity contribution in [2.24, 2.45) is 5.92 Å². The molecule has 98 valence electrons. The molecule has 5 heteroatoms. The number of carbonyl (C=O) groups excluding carboxylic acids is 1. The van der Waals surface area contributed by atoms with Crippen LogP contribution in [0.2, 0.25) is 0 Å². The van der Waals surface area contributed by atoms with Gasteiger partial charge in [0.15, 0.2) is 5.76 Å². The van der Waals surface area contributed by atoms with Crippen LogP contribution < -0.4 is 0 Å². The first-order chi connectivity index (χ1) is 8.61. The lowest BCUT2D eigenvalue weighted by Gasteiger charge is -2.31. The third-order valence-corrected chi connectivity index (χ3v) is 3.40. The maximum Gasteiger partial charge on any atom is 0.371 e. The first-order valence-corrected chi connectivity index (χ1v) is 6.24. The molecule has 0 aromatic carbocycles. The largest absolute Gasteiger partial charge is 0.475 e. The molecule has 0 aliphatic heterocycles. The lowest BCUT2D eigenvalue weighted by atomic mass is 9.85. The van der Waals surface area contributed by atoms with Crippen molar-refractivity contribution >= 4 is 11.9 Å². The predicted octanol–water partition coefficient (Wildman–Crippen LogP) is 2.24. The van der Waals surface area contributed by atoms with Gasteiger partial charge in [-0.1, -0.05) is 6.42 Å². The van der Waals surface area contributed by atoms with E-state index >= 15 is 0 Å². The Labute approximate surface area is 105 Å². The third kappa shape index (κ3) is 2.55. The van der Waals surface area contributed by atoms with Crippen LogP contribution in [-0.4, -0.2) is 35.0 Å². The molecular formula is C13H17NO4. The van der Waals surface area contributed by atoms with E-state index in [4.69, 9.17) is 9.52 Å². The lowest BCUT2D eigenvalue weighted by molar-refractivity contribution is 0.0637. The molecule has 1 heterocycles. The number of carboxylic acid groups (broad SMARTS) is 1. The van der Waals surface area contributed by atoms with Gasteiger partial charge in [0.2, 0.25) is 5.76 Å². The van der Waals surface area contributed by atoms with Crippen LogP contribution in [0.5, 0.6) is 0 Å². The average Bonchev–Trinajstić information content (AvgIpc) is 2.76. The van der Waals surface area contributed by atoms with Gasteiger partial charge in [-0.15, -0.1) is 0 Å². The number of nitrogens with zero attached hydrogens (tertiary/aromatic N) is 1.